The molecular weight excluding hydrogens is 343 g/mol. The van der Waals surface area contributed by atoms with Crippen LogP contribution in [0.3, 0.4) is 0 Å². The third kappa shape index (κ3) is 4.01. The van der Waals surface area contributed by atoms with Gasteiger partial charge in [0.15, 0.2) is 0 Å². The fourth-order valence-corrected chi connectivity index (χ4v) is 3.76. The van der Waals surface area contributed by atoms with Crippen LogP contribution in [0.4, 0.5) is 10.1 Å². The van der Waals surface area contributed by atoms with Crippen molar-refractivity contribution < 1.29 is 9.18 Å². The lowest BCUT2D eigenvalue weighted by atomic mass is 9.85. The Kier molecular flexibility index (Phi) is 4.90. The molecule has 1 fully saturated rings. The van der Waals surface area contributed by atoms with Gasteiger partial charge >= 0.3 is 0 Å². The SMILES string of the molecule is NC1CCCC(C(=O)Nc2ccc3nc(Cc4ccccc4F)[nH]c3c2)C1. The van der Waals surface area contributed by atoms with Gasteiger partial charge in [-0.1, -0.05) is 24.6 Å². The summed E-state index contributed by atoms with van der Waals surface area (Å²) in [7, 11) is 0. The van der Waals surface area contributed by atoms with Crippen LogP contribution in [0.2, 0.25) is 0 Å². The number of hydrogen-bond acceptors (Lipinski definition) is 3. The van der Waals surface area contributed by atoms with E-state index in [4.69, 9.17) is 5.73 Å². The van der Waals surface area contributed by atoms with Gasteiger partial charge in [-0.15, -0.1) is 0 Å². The lowest BCUT2D eigenvalue weighted by Gasteiger charge is -2.25. The first-order valence-corrected chi connectivity index (χ1v) is 9.37. The number of H-pyrrole nitrogens is 1. The molecule has 1 saturated carbocycles. The van der Waals surface area contributed by atoms with Gasteiger partial charge in [0.25, 0.3) is 0 Å². The number of imidazole rings is 1. The Morgan fingerprint density at radius 1 is 1.26 bits per heavy atom. The van der Waals surface area contributed by atoms with Crippen molar-refractivity contribution in [3.05, 3.63) is 59.7 Å². The molecule has 140 valence electrons. The molecule has 27 heavy (non-hydrogen) atoms. The second-order valence-corrected chi connectivity index (χ2v) is 7.30. The number of hydrogen-bond donors (Lipinski definition) is 3. The minimum absolute atomic E-state index is 0.0237. The zero-order valence-corrected chi connectivity index (χ0v) is 15.0. The molecule has 0 bridgehead atoms. The largest absolute Gasteiger partial charge is 0.342 e. The van der Waals surface area contributed by atoms with E-state index in [1.807, 2.05) is 24.3 Å². The third-order valence-corrected chi connectivity index (χ3v) is 5.20. The summed E-state index contributed by atoms with van der Waals surface area (Å²) in [4.78, 5) is 20.2. The first-order chi connectivity index (χ1) is 13.1. The van der Waals surface area contributed by atoms with E-state index in [2.05, 4.69) is 15.3 Å². The quantitative estimate of drug-likeness (QED) is 0.657. The molecule has 6 heteroatoms. The molecule has 1 aromatic heterocycles. The van der Waals surface area contributed by atoms with Gasteiger partial charge in [-0.25, -0.2) is 9.37 Å². The van der Waals surface area contributed by atoms with Gasteiger partial charge in [-0.3, -0.25) is 4.79 Å². The summed E-state index contributed by atoms with van der Waals surface area (Å²) in [5.41, 5.74) is 8.92. The Bertz CT molecular complexity index is 968. The highest BCUT2D eigenvalue weighted by Gasteiger charge is 2.25. The predicted octanol–water partition coefficient (Wildman–Crippen LogP) is 3.75. The van der Waals surface area contributed by atoms with Crippen molar-refractivity contribution in [3.63, 3.8) is 0 Å². The van der Waals surface area contributed by atoms with Gasteiger partial charge in [0.1, 0.15) is 11.6 Å². The number of halogens is 1. The van der Waals surface area contributed by atoms with Crippen LogP contribution in [0.25, 0.3) is 11.0 Å². The molecule has 2 atom stereocenters. The van der Waals surface area contributed by atoms with Crippen molar-refractivity contribution >= 4 is 22.6 Å². The number of amides is 1. The van der Waals surface area contributed by atoms with E-state index in [0.29, 0.717) is 17.8 Å². The van der Waals surface area contributed by atoms with Crippen LogP contribution in [-0.2, 0) is 11.2 Å². The molecule has 0 aliphatic heterocycles. The smallest absolute Gasteiger partial charge is 0.227 e. The van der Waals surface area contributed by atoms with E-state index in [0.717, 1.165) is 42.4 Å². The van der Waals surface area contributed by atoms with Crippen molar-refractivity contribution in [2.24, 2.45) is 11.7 Å². The number of nitrogens with zero attached hydrogens (tertiary/aromatic N) is 1. The van der Waals surface area contributed by atoms with Crippen LogP contribution in [0.1, 0.15) is 37.1 Å². The van der Waals surface area contributed by atoms with E-state index < -0.39 is 0 Å². The average molecular weight is 366 g/mol. The van der Waals surface area contributed by atoms with Crippen LogP contribution in [-0.4, -0.2) is 21.9 Å². The standard InChI is InChI=1S/C21H23FN4O/c22-17-7-2-1-4-13(17)11-20-25-18-9-8-16(12-19(18)26-20)24-21(27)14-5-3-6-15(23)10-14/h1-2,4,7-9,12,14-15H,3,5-6,10-11,23H2,(H,24,27)(H,25,26). The number of carbonyl (C=O) groups excluding carboxylic acids is 1. The zero-order valence-electron chi connectivity index (χ0n) is 15.0. The number of rotatable bonds is 4. The van der Waals surface area contributed by atoms with Gasteiger partial charge in [0.2, 0.25) is 5.91 Å². The van der Waals surface area contributed by atoms with Crippen LogP contribution in [0, 0.1) is 11.7 Å². The van der Waals surface area contributed by atoms with E-state index in [1.165, 1.54) is 6.07 Å². The molecule has 2 aromatic carbocycles. The second-order valence-electron chi connectivity index (χ2n) is 7.30. The number of anilines is 1. The molecule has 3 aromatic rings. The summed E-state index contributed by atoms with van der Waals surface area (Å²) in [6, 6.07) is 12.4. The summed E-state index contributed by atoms with van der Waals surface area (Å²) in [5, 5.41) is 2.99. The third-order valence-electron chi connectivity index (χ3n) is 5.20. The maximum atomic E-state index is 13.8. The number of nitrogens with two attached hydrogens (primary N) is 1. The van der Waals surface area contributed by atoms with E-state index in [-0.39, 0.29) is 23.7 Å². The predicted molar refractivity (Wildman–Crippen MR) is 104 cm³/mol. The zero-order chi connectivity index (χ0) is 18.8. The lowest BCUT2D eigenvalue weighted by Crippen LogP contribution is -2.34. The van der Waals surface area contributed by atoms with Crippen LogP contribution >= 0.6 is 0 Å². The molecule has 0 spiro atoms. The normalized spacial score (nSPS) is 19.9. The van der Waals surface area contributed by atoms with Crippen molar-refractivity contribution in [3.8, 4) is 0 Å². The average Bonchev–Trinajstić information content (AvgIpc) is 3.05. The molecule has 2 unspecified atom stereocenters. The molecule has 0 radical (unpaired) electrons. The van der Waals surface area contributed by atoms with E-state index >= 15 is 0 Å². The van der Waals surface area contributed by atoms with Gasteiger partial charge in [-0.05, 0) is 49.1 Å². The highest BCUT2D eigenvalue weighted by molar-refractivity contribution is 5.94. The number of nitrogens with one attached hydrogen (secondary N) is 2. The van der Waals surface area contributed by atoms with Crippen molar-refractivity contribution in [2.45, 2.75) is 38.1 Å². The molecule has 1 amide bonds. The highest BCUT2D eigenvalue weighted by atomic mass is 19.1. The maximum absolute atomic E-state index is 13.8. The monoisotopic (exact) mass is 366 g/mol. The first-order valence-electron chi connectivity index (χ1n) is 9.37. The molecule has 1 aliphatic carbocycles. The summed E-state index contributed by atoms with van der Waals surface area (Å²) in [6.07, 6.45) is 4.01. The Morgan fingerprint density at radius 3 is 2.93 bits per heavy atom. The number of fused-ring (bicyclic) bond motifs is 1. The van der Waals surface area contributed by atoms with Crippen molar-refractivity contribution in [1.29, 1.82) is 0 Å². The Balaban J connectivity index is 1.49. The van der Waals surface area contributed by atoms with Crippen molar-refractivity contribution in [2.75, 3.05) is 5.32 Å². The molecule has 5 nitrogen and oxygen atoms in total. The number of benzene rings is 2. The van der Waals surface area contributed by atoms with Gasteiger partial charge in [0, 0.05) is 24.1 Å². The minimum atomic E-state index is -0.239. The maximum Gasteiger partial charge on any atom is 0.227 e. The number of aromatic amines is 1. The summed E-state index contributed by atoms with van der Waals surface area (Å²) >= 11 is 0. The fraction of sp³-hybridized carbons (Fsp3) is 0.333. The Morgan fingerprint density at radius 2 is 2.11 bits per heavy atom. The van der Waals surface area contributed by atoms with E-state index in [9.17, 15) is 9.18 Å². The molecule has 0 saturated heterocycles. The molecule has 1 aliphatic rings. The van der Waals surface area contributed by atoms with E-state index in [1.54, 1.807) is 12.1 Å². The number of carbonyl (C=O) groups is 1. The summed E-state index contributed by atoms with van der Waals surface area (Å²) < 4.78 is 13.8. The van der Waals surface area contributed by atoms with Gasteiger partial charge < -0.3 is 16.0 Å². The van der Waals surface area contributed by atoms with Gasteiger partial charge in [0.05, 0.1) is 11.0 Å². The van der Waals surface area contributed by atoms with Gasteiger partial charge in [-0.2, -0.15) is 0 Å². The molecule has 4 N–H and O–H groups in total. The summed E-state index contributed by atoms with van der Waals surface area (Å²) in [6.45, 7) is 0. The molecule has 1 heterocycles. The first kappa shape index (κ1) is 17.7. The second kappa shape index (κ2) is 7.48. The number of aromatic nitrogens is 2. The molecular formula is C21H23FN4O. The highest BCUT2D eigenvalue weighted by Crippen LogP contribution is 2.25. The Hall–Kier alpha value is -2.73. The topological polar surface area (TPSA) is 83.8 Å². The van der Waals surface area contributed by atoms with Crippen LogP contribution < -0.4 is 11.1 Å². The molecule has 4 rings (SSSR count). The van der Waals surface area contributed by atoms with Crippen LogP contribution in [0.5, 0.6) is 0 Å². The lowest BCUT2D eigenvalue weighted by molar-refractivity contribution is -0.120. The van der Waals surface area contributed by atoms with Crippen molar-refractivity contribution in [1.82, 2.24) is 9.97 Å². The Labute approximate surface area is 157 Å². The fourth-order valence-electron chi connectivity index (χ4n) is 3.76. The minimum Gasteiger partial charge on any atom is -0.342 e. The van der Waals surface area contributed by atoms with Crippen LogP contribution in [0.15, 0.2) is 42.5 Å². The summed E-state index contributed by atoms with van der Waals surface area (Å²) in [5.74, 6) is 0.451.